The highest BCUT2D eigenvalue weighted by molar-refractivity contribution is 7.99. The molecule has 0 spiro atoms. The molecule has 0 aliphatic rings. The summed E-state index contributed by atoms with van der Waals surface area (Å²) < 4.78 is 11.2. The van der Waals surface area contributed by atoms with E-state index >= 15 is 0 Å². The zero-order chi connectivity index (χ0) is 19.5. The lowest BCUT2D eigenvalue weighted by Crippen LogP contribution is -2.12. The van der Waals surface area contributed by atoms with Crippen molar-refractivity contribution >= 4 is 34.3 Å². The minimum Gasteiger partial charge on any atom is -0.484 e. The summed E-state index contributed by atoms with van der Waals surface area (Å²) in [6.07, 6.45) is 0. The number of hydrogen-bond donors (Lipinski definition) is 1. The van der Waals surface area contributed by atoms with Gasteiger partial charge in [-0.15, -0.1) is 10.2 Å². The minimum absolute atomic E-state index is 0.147. The first kappa shape index (κ1) is 18.5. The summed E-state index contributed by atoms with van der Waals surface area (Å²) in [6, 6.07) is 14.2. The Morgan fingerprint density at radius 2 is 1.96 bits per heavy atom. The lowest BCUT2D eigenvalue weighted by atomic mass is 10.2. The van der Waals surface area contributed by atoms with Crippen LogP contribution in [0.1, 0.15) is 23.9 Å². The van der Waals surface area contributed by atoms with Crippen LogP contribution < -0.4 is 10.3 Å². The molecule has 9 heteroatoms. The van der Waals surface area contributed by atoms with E-state index < -0.39 is 0 Å². The van der Waals surface area contributed by atoms with Gasteiger partial charge < -0.3 is 14.1 Å². The van der Waals surface area contributed by atoms with Crippen molar-refractivity contribution in [1.82, 2.24) is 20.2 Å². The number of hydrogen-bond acceptors (Lipinski definition) is 7. The van der Waals surface area contributed by atoms with Gasteiger partial charge in [0.2, 0.25) is 0 Å². The molecule has 2 heterocycles. The van der Waals surface area contributed by atoms with Crippen molar-refractivity contribution in [3.8, 4) is 5.75 Å². The van der Waals surface area contributed by atoms with E-state index in [2.05, 4.69) is 20.2 Å². The molecule has 0 bridgehead atoms. The van der Waals surface area contributed by atoms with Gasteiger partial charge in [-0.1, -0.05) is 35.5 Å². The molecule has 4 aromatic rings. The Balaban J connectivity index is 1.43. The topological polar surface area (TPSA) is 93.9 Å². The van der Waals surface area contributed by atoms with E-state index in [1.165, 1.54) is 11.8 Å². The Hall–Kier alpha value is -2.84. The third-order valence-electron chi connectivity index (χ3n) is 3.92. The zero-order valence-corrected chi connectivity index (χ0v) is 16.3. The maximum Gasteiger partial charge on any atom is 0.277 e. The summed E-state index contributed by atoms with van der Waals surface area (Å²) in [5.41, 5.74) is 0.479. The van der Waals surface area contributed by atoms with Crippen LogP contribution in [0.5, 0.6) is 5.75 Å². The maximum atomic E-state index is 12.2. The molecular weight excluding hydrogens is 400 g/mol. The second kappa shape index (κ2) is 8.04. The van der Waals surface area contributed by atoms with E-state index in [-0.39, 0.29) is 17.4 Å². The molecule has 0 aliphatic carbocycles. The molecule has 4 rings (SSSR count). The highest BCUT2D eigenvalue weighted by Gasteiger charge is 2.16. The molecule has 0 saturated carbocycles. The van der Waals surface area contributed by atoms with Crippen LogP contribution >= 0.6 is 23.4 Å². The van der Waals surface area contributed by atoms with Gasteiger partial charge in [0.15, 0.2) is 6.61 Å². The predicted octanol–water partition coefficient (Wildman–Crippen LogP) is 4.39. The number of nitrogens with zero attached hydrogens (tertiary/aromatic N) is 3. The van der Waals surface area contributed by atoms with Crippen LogP contribution in [0.3, 0.4) is 0 Å². The number of nitrogens with one attached hydrogen (secondary N) is 1. The van der Waals surface area contributed by atoms with Crippen LogP contribution in [0.2, 0.25) is 5.02 Å². The summed E-state index contributed by atoms with van der Waals surface area (Å²) in [5, 5.41) is 9.39. The number of aromatic nitrogens is 4. The van der Waals surface area contributed by atoms with Gasteiger partial charge in [-0.25, -0.2) is 4.98 Å². The smallest absolute Gasteiger partial charge is 0.277 e. The summed E-state index contributed by atoms with van der Waals surface area (Å²) in [5.74, 6) is 1.55. The Morgan fingerprint density at radius 1 is 1.18 bits per heavy atom. The van der Waals surface area contributed by atoms with E-state index in [9.17, 15) is 4.79 Å². The second-order valence-corrected chi connectivity index (χ2v) is 7.66. The Kier molecular flexibility index (Phi) is 5.31. The molecule has 28 heavy (non-hydrogen) atoms. The van der Waals surface area contributed by atoms with E-state index in [1.54, 1.807) is 30.3 Å². The van der Waals surface area contributed by atoms with Crippen LogP contribution in [-0.2, 0) is 6.61 Å². The van der Waals surface area contributed by atoms with Gasteiger partial charge >= 0.3 is 0 Å². The molecule has 0 fully saturated rings. The molecule has 0 saturated heterocycles. The average molecular weight is 415 g/mol. The first-order valence-corrected chi connectivity index (χ1v) is 9.70. The van der Waals surface area contributed by atoms with Gasteiger partial charge in [-0.2, -0.15) is 0 Å². The number of ether oxygens (including phenoxy) is 1. The number of thioether (sulfide) groups is 1. The van der Waals surface area contributed by atoms with Gasteiger partial charge in [-0.3, -0.25) is 4.79 Å². The fourth-order valence-corrected chi connectivity index (χ4v) is 3.41. The van der Waals surface area contributed by atoms with Crippen molar-refractivity contribution in [3.05, 3.63) is 75.6 Å². The third-order valence-corrected chi connectivity index (χ3v) is 5.11. The molecule has 1 unspecified atom stereocenters. The van der Waals surface area contributed by atoms with E-state index in [0.29, 0.717) is 38.6 Å². The van der Waals surface area contributed by atoms with Crippen molar-refractivity contribution in [2.75, 3.05) is 0 Å². The molecule has 1 atom stereocenters. The average Bonchev–Trinajstić information content (AvgIpc) is 3.15. The molecule has 2 aromatic carbocycles. The number of fused-ring (bicyclic) bond motifs is 1. The Morgan fingerprint density at radius 3 is 2.79 bits per heavy atom. The van der Waals surface area contributed by atoms with Gasteiger partial charge in [-0.05, 0) is 43.3 Å². The van der Waals surface area contributed by atoms with E-state index in [4.69, 9.17) is 20.8 Å². The van der Waals surface area contributed by atoms with Crippen LogP contribution in [0, 0.1) is 0 Å². The third kappa shape index (κ3) is 4.18. The normalized spacial score (nSPS) is 12.2. The zero-order valence-electron chi connectivity index (χ0n) is 14.8. The Bertz CT molecular complexity index is 1160. The van der Waals surface area contributed by atoms with Crippen LogP contribution in [0.15, 0.2) is 63.0 Å². The summed E-state index contributed by atoms with van der Waals surface area (Å²) >= 11 is 7.16. The summed E-state index contributed by atoms with van der Waals surface area (Å²) in [6.45, 7) is 2.06. The fraction of sp³-hybridized carbons (Fsp3) is 0.158. The lowest BCUT2D eigenvalue weighted by Gasteiger charge is -2.08. The van der Waals surface area contributed by atoms with Crippen molar-refractivity contribution in [3.63, 3.8) is 0 Å². The minimum atomic E-state index is -0.178. The first-order chi connectivity index (χ1) is 13.6. The SMILES string of the molecule is CC(Sc1nnc(COc2ccc(Cl)cc2)o1)c1nc2ccccc2c(=O)[nH]1. The highest BCUT2D eigenvalue weighted by Crippen LogP contribution is 2.32. The summed E-state index contributed by atoms with van der Waals surface area (Å²) in [4.78, 5) is 19.6. The molecular formula is C19H15ClN4O3S. The number of rotatable bonds is 6. The second-order valence-electron chi connectivity index (χ2n) is 5.93. The van der Waals surface area contributed by atoms with Crippen LogP contribution in [0.25, 0.3) is 10.9 Å². The van der Waals surface area contributed by atoms with E-state index in [1.807, 2.05) is 25.1 Å². The van der Waals surface area contributed by atoms with Gasteiger partial charge in [0, 0.05) is 5.02 Å². The van der Waals surface area contributed by atoms with E-state index in [0.717, 1.165) is 0 Å². The van der Waals surface area contributed by atoms with Crippen molar-refractivity contribution in [2.45, 2.75) is 24.0 Å². The van der Waals surface area contributed by atoms with Crippen LogP contribution in [-0.4, -0.2) is 20.2 Å². The van der Waals surface area contributed by atoms with Crippen molar-refractivity contribution < 1.29 is 9.15 Å². The number of halogens is 1. The number of aromatic amines is 1. The first-order valence-electron chi connectivity index (χ1n) is 8.45. The number of benzene rings is 2. The fourth-order valence-electron chi connectivity index (χ4n) is 2.52. The maximum absolute atomic E-state index is 12.2. The summed E-state index contributed by atoms with van der Waals surface area (Å²) in [7, 11) is 0. The molecule has 0 amide bonds. The van der Waals surface area contributed by atoms with Crippen molar-refractivity contribution in [2.24, 2.45) is 0 Å². The number of para-hydroxylation sites is 1. The molecule has 0 radical (unpaired) electrons. The molecule has 7 nitrogen and oxygen atoms in total. The molecule has 142 valence electrons. The monoisotopic (exact) mass is 414 g/mol. The van der Waals surface area contributed by atoms with Crippen molar-refractivity contribution in [1.29, 1.82) is 0 Å². The quantitative estimate of drug-likeness (QED) is 0.467. The predicted molar refractivity (Wildman–Crippen MR) is 107 cm³/mol. The molecule has 0 aliphatic heterocycles. The lowest BCUT2D eigenvalue weighted by molar-refractivity contribution is 0.252. The van der Waals surface area contributed by atoms with Crippen LogP contribution in [0.4, 0.5) is 0 Å². The van der Waals surface area contributed by atoms with Gasteiger partial charge in [0.25, 0.3) is 16.7 Å². The molecule has 2 aromatic heterocycles. The van der Waals surface area contributed by atoms with Gasteiger partial charge in [0.1, 0.15) is 11.6 Å². The number of H-pyrrole nitrogens is 1. The highest BCUT2D eigenvalue weighted by atomic mass is 35.5. The standard InChI is InChI=1S/C19H15ClN4O3S/c1-11(17-21-15-5-3-2-4-14(15)18(25)22-17)28-19-24-23-16(27-19)10-26-13-8-6-12(20)7-9-13/h2-9,11H,10H2,1H3,(H,21,22,25). The van der Waals surface area contributed by atoms with Gasteiger partial charge in [0.05, 0.1) is 16.2 Å². The molecule has 1 N–H and O–H groups in total. The largest absolute Gasteiger partial charge is 0.484 e. The Labute approximate surface area is 169 Å².